The first-order valence-corrected chi connectivity index (χ1v) is 8.74. The minimum absolute atomic E-state index is 0. The summed E-state index contributed by atoms with van der Waals surface area (Å²) in [7, 11) is 2.73. The normalized spacial score (nSPS) is 9.17. The fourth-order valence-electron chi connectivity index (χ4n) is 2.05. The Kier molecular flexibility index (Phi) is 11.9. The summed E-state index contributed by atoms with van der Waals surface area (Å²) in [6.45, 7) is 7.57. The minimum Gasteiger partial charge on any atom is -0.493 e. The number of benzene rings is 1. The number of ether oxygens (including phenoxy) is 5. The summed E-state index contributed by atoms with van der Waals surface area (Å²) in [4.78, 5) is 28.0. The number of aryl methyl sites for hydroxylation is 1. The maximum atomic E-state index is 12.4. The lowest BCUT2D eigenvalue weighted by molar-refractivity contribution is 0.0725. The Labute approximate surface area is 176 Å². The van der Waals surface area contributed by atoms with Crippen molar-refractivity contribution in [2.75, 3.05) is 20.8 Å². The second-order valence-electron chi connectivity index (χ2n) is 5.01. The molecule has 1 aromatic carbocycles. The Morgan fingerprint density at radius 1 is 1.03 bits per heavy atom. The standard InChI is InChI=1S/C18H19NO7.C2H6.ClH/c1-5-24-18(21)25-15-13(22-3)9-12(10-14(15)23-4)17(20)26-16-11(2)7-6-8-19-16;1-2;/h6-10H,5H2,1-4H3;1-2H3;1H. The van der Waals surface area contributed by atoms with Gasteiger partial charge in [0.2, 0.25) is 11.6 Å². The predicted octanol–water partition coefficient (Wildman–Crippen LogP) is 4.61. The Balaban J connectivity index is 0.00000253. The first-order valence-electron chi connectivity index (χ1n) is 8.74. The van der Waals surface area contributed by atoms with Gasteiger partial charge < -0.3 is 23.7 Å². The molecule has 2 aromatic rings. The Bertz CT molecular complexity index is 786. The van der Waals surface area contributed by atoms with E-state index in [0.29, 0.717) is 5.56 Å². The largest absolute Gasteiger partial charge is 0.514 e. The van der Waals surface area contributed by atoms with E-state index in [1.807, 2.05) is 13.8 Å². The van der Waals surface area contributed by atoms with Crippen molar-refractivity contribution >= 4 is 24.5 Å². The van der Waals surface area contributed by atoms with Crippen LogP contribution in [-0.2, 0) is 4.74 Å². The van der Waals surface area contributed by atoms with E-state index in [9.17, 15) is 9.59 Å². The molecular formula is C20H26ClNO7. The molecule has 1 aromatic heterocycles. The van der Waals surface area contributed by atoms with E-state index >= 15 is 0 Å². The minimum atomic E-state index is -0.913. The van der Waals surface area contributed by atoms with E-state index in [-0.39, 0.29) is 47.7 Å². The lowest BCUT2D eigenvalue weighted by atomic mass is 10.2. The van der Waals surface area contributed by atoms with E-state index in [1.165, 1.54) is 32.5 Å². The number of hydrogen-bond donors (Lipinski definition) is 0. The molecule has 0 spiro atoms. The number of hydrogen-bond acceptors (Lipinski definition) is 8. The highest BCUT2D eigenvalue weighted by Gasteiger charge is 2.22. The van der Waals surface area contributed by atoms with Gasteiger partial charge in [-0.2, -0.15) is 0 Å². The molecule has 8 nitrogen and oxygen atoms in total. The number of methoxy groups -OCH3 is 2. The highest BCUT2D eigenvalue weighted by atomic mass is 35.5. The van der Waals surface area contributed by atoms with Gasteiger partial charge in [-0.1, -0.05) is 19.9 Å². The van der Waals surface area contributed by atoms with Crippen LogP contribution in [0.4, 0.5) is 4.79 Å². The monoisotopic (exact) mass is 427 g/mol. The van der Waals surface area contributed by atoms with Crippen molar-refractivity contribution < 1.29 is 33.3 Å². The van der Waals surface area contributed by atoms with Gasteiger partial charge in [0, 0.05) is 11.8 Å². The molecule has 0 bridgehead atoms. The zero-order valence-corrected chi connectivity index (χ0v) is 18.1. The third kappa shape index (κ3) is 7.15. The number of nitrogens with zero attached hydrogens (tertiary/aromatic N) is 1. The van der Waals surface area contributed by atoms with Crippen LogP contribution in [0.3, 0.4) is 0 Å². The summed E-state index contributed by atoms with van der Waals surface area (Å²) in [5.41, 5.74) is 0.849. The highest BCUT2D eigenvalue weighted by molar-refractivity contribution is 5.93. The molecule has 0 N–H and O–H groups in total. The van der Waals surface area contributed by atoms with Crippen LogP contribution >= 0.6 is 12.4 Å². The van der Waals surface area contributed by atoms with Crippen LogP contribution in [0, 0.1) is 6.92 Å². The van der Waals surface area contributed by atoms with Crippen LogP contribution in [0.5, 0.6) is 23.1 Å². The summed E-state index contributed by atoms with van der Waals surface area (Å²) < 4.78 is 25.5. The molecule has 160 valence electrons. The van der Waals surface area contributed by atoms with Gasteiger partial charge >= 0.3 is 12.1 Å². The maximum absolute atomic E-state index is 12.4. The van der Waals surface area contributed by atoms with Gasteiger partial charge in [-0.05, 0) is 32.0 Å². The van der Waals surface area contributed by atoms with Crippen LogP contribution < -0.4 is 18.9 Å². The fourth-order valence-corrected chi connectivity index (χ4v) is 2.05. The number of carbonyl (C=O) groups excluding carboxylic acids is 2. The van der Waals surface area contributed by atoms with Gasteiger partial charge in [0.1, 0.15) is 0 Å². The van der Waals surface area contributed by atoms with Gasteiger partial charge in [-0.25, -0.2) is 14.6 Å². The number of rotatable bonds is 6. The van der Waals surface area contributed by atoms with E-state index in [4.69, 9.17) is 23.7 Å². The molecular weight excluding hydrogens is 402 g/mol. The number of aromatic nitrogens is 1. The Morgan fingerprint density at radius 3 is 2.10 bits per heavy atom. The molecule has 1 heterocycles. The molecule has 29 heavy (non-hydrogen) atoms. The van der Waals surface area contributed by atoms with Crippen molar-refractivity contribution in [3.05, 3.63) is 41.6 Å². The number of halogens is 1. The first kappa shape index (κ1) is 26.0. The molecule has 0 aliphatic carbocycles. The van der Waals surface area contributed by atoms with Crippen molar-refractivity contribution in [1.82, 2.24) is 4.98 Å². The van der Waals surface area contributed by atoms with Gasteiger partial charge in [-0.15, -0.1) is 12.4 Å². The van der Waals surface area contributed by atoms with E-state index < -0.39 is 12.1 Å². The number of carbonyl (C=O) groups is 2. The third-order valence-electron chi connectivity index (χ3n) is 3.29. The van der Waals surface area contributed by atoms with Crippen LogP contribution in [0.15, 0.2) is 30.5 Å². The van der Waals surface area contributed by atoms with Crippen molar-refractivity contribution in [2.24, 2.45) is 0 Å². The summed E-state index contributed by atoms with van der Waals surface area (Å²) in [6, 6.07) is 6.25. The van der Waals surface area contributed by atoms with Crippen molar-refractivity contribution in [3.63, 3.8) is 0 Å². The van der Waals surface area contributed by atoms with Crippen LogP contribution in [0.25, 0.3) is 0 Å². The zero-order valence-electron chi connectivity index (χ0n) is 17.3. The Hall–Kier alpha value is -3.00. The van der Waals surface area contributed by atoms with Gasteiger partial charge in [0.05, 0.1) is 26.4 Å². The average Bonchev–Trinajstić information content (AvgIpc) is 2.71. The summed E-state index contributed by atoms with van der Waals surface area (Å²) in [5.74, 6) is -0.239. The molecule has 0 aliphatic rings. The topological polar surface area (TPSA) is 93.2 Å². The van der Waals surface area contributed by atoms with E-state index in [2.05, 4.69) is 4.98 Å². The molecule has 0 fully saturated rings. The molecule has 2 rings (SSSR count). The first-order chi connectivity index (χ1) is 13.5. The number of esters is 1. The summed E-state index contributed by atoms with van der Waals surface area (Å²) >= 11 is 0. The zero-order chi connectivity index (χ0) is 21.1. The average molecular weight is 428 g/mol. The smallest absolute Gasteiger partial charge is 0.493 e. The van der Waals surface area contributed by atoms with E-state index in [1.54, 1.807) is 26.0 Å². The number of pyridine rings is 1. The predicted molar refractivity (Wildman–Crippen MR) is 110 cm³/mol. The molecule has 0 radical (unpaired) electrons. The van der Waals surface area contributed by atoms with Gasteiger partial charge in [0.25, 0.3) is 0 Å². The fraction of sp³-hybridized carbons (Fsp3) is 0.350. The SMILES string of the molecule is CC.CCOC(=O)Oc1c(OC)cc(C(=O)Oc2ncccc2C)cc1OC.Cl. The van der Waals surface area contributed by atoms with Crippen molar-refractivity contribution in [3.8, 4) is 23.1 Å². The van der Waals surface area contributed by atoms with Gasteiger partial charge in [0.15, 0.2) is 11.5 Å². The highest BCUT2D eigenvalue weighted by Crippen LogP contribution is 2.39. The maximum Gasteiger partial charge on any atom is 0.514 e. The van der Waals surface area contributed by atoms with Crippen molar-refractivity contribution in [2.45, 2.75) is 27.7 Å². The lowest BCUT2D eigenvalue weighted by Crippen LogP contribution is -2.14. The van der Waals surface area contributed by atoms with E-state index in [0.717, 1.165) is 0 Å². The second-order valence-corrected chi connectivity index (χ2v) is 5.01. The quantitative estimate of drug-likeness (QED) is 0.487. The summed E-state index contributed by atoms with van der Waals surface area (Å²) in [6.07, 6.45) is 0.608. The molecule has 0 aliphatic heterocycles. The third-order valence-corrected chi connectivity index (χ3v) is 3.29. The molecule has 0 unspecified atom stereocenters. The second kappa shape index (κ2) is 13.2. The molecule has 0 saturated carbocycles. The molecule has 9 heteroatoms. The van der Waals surface area contributed by atoms with Crippen molar-refractivity contribution in [1.29, 1.82) is 0 Å². The van der Waals surface area contributed by atoms with Gasteiger partial charge in [-0.3, -0.25) is 0 Å². The lowest BCUT2D eigenvalue weighted by Gasteiger charge is -2.14. The van der Waals surface area contributed by atoms with Crippen LogP contribution in [0.2, 0.25) is 0 Å². The van der Waals surface area contributed by atoms with Crippen LogP contribution in [0.1, 0.15) is 36.7 Å². The molecule has 0 saturated heterocycles. The molecule has 0 atom stereocenters. The Morgan fingerprint density at radius 2 is 1.62 bits per heavy atom. The molecule has 0 amide bonds. The summed E-state index contributed by atoms with van der Waals surface area (Å²) in [5, 5.41) is 0. The van der Waals surface area contributed by atoms with Crippen LogP contribution in [-0.4, -0.2) is 37.9 Å².